The van der Waals surface area contributed by atoms with Crippen LogP contribution in [-0.2, 0) is 4.74 Å². The van der Waals surface area contributed by atoms with Crippen LogP contribution >= 0.6 is 0 Å². The highest BCUT2D eigenvalue weighted by atomic mass is 16.5. The van der Waals surface area contributed by atoms with E-state index in [2.05, 4.69) is 12.2 Å². The van der Waals surface area contributed by atoms with Gasteiger partial charge in [0.1, 0.15) is 0 Å². The van der Waals surface area contributed by atoms with Crippen molar-refractivity contribution in [2.24, 2.45) is 5.92 Å². The van der Waals surface area contributed by atoms with Gasteiger partial charge >= 0.3 is 0 Å². The van der Waals surface area contributed by atoms with Crippen LogP contribution in [0.1, 0.15) is 45.4 Å². The average Bonchev–Trinajstić information content (AvgIpc) is 2.72. The molecule has 0 aromatic heterocycles. The van der Waals surface area contributed by atoms with E-state index in [0.29, 0.717) is 12.2 Å². The molecule has 1 N–H and O–H groups in total. The van der Waals surface area contributed by atoms with Gasteiger partial charge in [-0.05, 0) is 44.6 Å². The Hall–Kier alpha value is -0.0800. The summed E-state index contributed by atoms with van der Waals surface area (Å²) < 4.78 is 6.08. The average molecular weight is 197 g/mol. The summed E-state index contributed by atoms with van der Waals surface area (Å²) in [5, 5.41) is 3.36. The summed E-state index contributed by atoms with van der Waals surface area (Å²) in [5.41, 5.74) is 0. The van der Waals surface area contributed by atoms with Crippen LogP contribution in [-0.4, -0.2) is 25.3 Å². The minimum atomic E-state index is 0.512. The van der Waals surface area contributed by atoms with E-state index >= 15 is 0 Å². The van der Waals surface area contributed by atoms with Crippen molar-refractivity contribution in [3.05, 3.63) is 0 Å². The Bertz CT molecular complexity index is 158. The van der Waals surface area contributed by atoms with Crippen LogP contribution in [0, 0.1) is 5.92 Å². The van der Waals surface area contributed by atoms with Crippen molar-refractivity contribution in [1.82, 2.24) is 5.32 Å². The third-order valence-corrected chi connectivity index (χ3v) is 3.77. The molecule has 0 aromatic rings. The maximum atomic E-state index is 6.08. The van der Waals surface area contributed by atoms with Gasteiger partial charge in [-0.25, -0.2) is 0 Å². The minimum absolute atomic E-state index is 0.512. The number of ether oxygens (including phenoxy) is 1. The second-order valence-electron chi connectivity index (χ2n) is 4.80. The molecule has 2 heteroatoms. The molecule has 0 bridgehead atoms. The van der Waals surface area contributed by atoms with Crippen LogP contribution in [0.15, 0.2) is 0 Å². The number of hydrogen-bond donors (Lipinski definition) is 1. The summed E-state index contributed by atoms with van der Waals surface area (Å²) in [6.07, 6.45) is 9.04. The summed E-state index contributed by atoms with van der Waals surface area (Å²) in [6, 6.07) is 0. The van der Waals surface area contributed by atoms with Crippen molar-refractivity contribution < 1.29 is 4.74 Å². The van der Waals surface area contributed by atoms with Gasteiger partial charge in [-0.2, -0.15) is 0 Å². The minimum Gasteiger partial charge on any atom is -0.374 e. The van der Waals surface area contributed by atoms with Crippen molar-refractivity contribution in [1.29, 1.82) is 0 Å². The maximum absolute atomic E-state index is 6.08. The van der Waals surface area contributed by atoms with E-state index in [1.807, 2.05) is 0 Å². The van der Waals surface area contributed by atoms with Gasteiger partial charge in [0.2, 0.25) is 0 Å². The summed E-state index contributed by atoms with van der Waals surface area (Å²) >= 11 is 0. The lowest BCUT2D eigenvalue weighted by Crippen LogP contribution is -2.28. The van der Waals surface area contributed by atoms with Gasteiger partial charge in [0, 0.05) is 6.54 Å². The molecule has 2 fully saturated rings. The zero-order chi connectivity index (χ0) is 9.80. The lowest BCUT2D eigenvalue weighted by Gasteiger charge is -2.29. The molecule has 1 heterocycles. The Balaban J connectivity index is 1.67. The van der Waals surface area contributed by atoms with E-state index in [4.69, 9.17) is 4.74 Å². The van der Waals surface area contributed by atoms with E-state index in [9.17, 15) is 0 Å². The quantitative estimate of drug-likeness (QED) is 0.750. The fourth-order valence-electron chi connectivity index (χ4n) is 2.69. The van der Waals surface area contributed by atoms with Crippen LogP contribution in [0.25, 0.3) is 0 Å². The molecule has 0 spiro atoms. The van der Waals surface area contributed by atoms with Gasteiger partial charge < -0.3 is 10.1 Å². The summed E-state index contributed by atoms with van der Waals surface area (Å²) in [6.45, 7) is 4.54. The molecule has 1 saturated carbocycles. The molecule has 14 heavy (non-hydrogen) atoms. The highest BCUT2D eigenvalue weighted by molar-refractivity contribution is 4.77. The van der Waals surface area contributed by atoms with Crippen LogP contribution in [0.3, 0.4) is 0 Å². The molecule has 0 aromatic carbocycles. The van der Waals surface area contributed by atoms with Gasteiger partial charge in [0.05, 0.1) is 12.2 Å². The van der Waals surface area contributed by atoms with E-state index in [0.717, 1.165) is 19.0 Å². The zero-order valence-corrected chi connectivity index (χ0v) is 9.30. The lowest BCUT2D eigenvalue weighted by atomic mass is 9.86. The molecule has 2 rings (SSSR count). The van der Waals surface area contributed by atoms with E-state index in [1.54, 1.807) is 0 Å². The second-order valence-corrected chi connectivity index (χ2v) is 4.80. The first-order valence-electron chi connectivity index (χ1n) is 6.24. The molecule has 1 aliphatic heterocycles. The van der Waals surface area contributed by atoms with Crippen molar-refractivity contribution in [2.45, 2.75) is 57.7 Å². The Morgan fingerprint density at radius 2 is 1.86 bits per heavy atom. The summed E-state index contributed by atoms with van der Waals surface area (Å²) in [5.74, 6) is 0.983. The third-order valence-electron chi connectivity index (χ3n) is 3.77. The molecule has 0 amide bonds. The molecule has 1 atom stereocenters. The molecule has 0 radical (unpaired) electrons. The second kappa shape index (κ2) is 5.13. The van der Waals surface area contributed by atoms with E-state index in [-0.39, 0.29) is 0 Å². The molecule has 1 unspecified atom stereocenters. The fraction of sp³-hybridized carbons (Fsp3) is 1.00. The van der Waals surface area contributed by atoms with E-state index in [1.165, 1.54) is 38.5 Å². The van der Waals surface area contributed by atoms with Crippen molar-refractivity contribution >= 4 is 0 Å². The Kier molecular flexibility index (Phi) is 3.82. The highest BCUT2D eigenvalue weighted by Gasteiger charge is 2.24. The Morgan fingerprint density at radius 1 is 1.07 bits per heavy atom. The predicted molar refractivity (Wildman–Crippen MR) is 58.4 cm³/mol. The summed E-state index contributed by atoms with van der Waals surface area (Å²) in [4.78, 5) is 0. The van der Waals surface area contributed by atoms with Gasteiger partial charge in [0.15, 0.2) is 0 Å². The SMILES string of the molecule is CCC1CCC(OC2CCNC2)CC1. The molecule has 1 saturated heterocycles. The first-order chi connectivity index (χ1) is 6.88. The number of hydrogen-bond acceptors (Lipinski definition) is 2. The first-order valence-corrected chi connectivity index (χ1v) is 6.24. The third kappa shape index (κ3) is 2.71. The van der Waals surface area contributed by atoms with Crippen LogP contribution in [0.2, 0.25) is 0 Å². The van der Waals surface area contributed by atoms with Crippen LogP contribution in [0.5, 0.6) is 0 Å². The Labute approximate surface area is 87.4 Å². The normalized spacial score (nSPS) is 38.8. The first kappa shape index (κ1) is 10.4. The smallest absolute Gasteiger partial charge is 0.0715 e. The lowest BCUT2D eigenvalue weighted by molar-refractivity contribution is -0.0272. The van der Waals surface area contributed by atoms with Crippen molar-refractivity contribution in [3.63, 3.8) is 0 Å². The molecular formula is C12H23NO. The van der Waals surface area contributed by atoms with Crippen LogP contribution in [0.4, 0.5) is 0 Å². The monoisotopic (exact) mass is 197 g/mol. The topological polar surface area (TPSA) is 21.3 Å². The van der Waals surface area contributed by atoms with Crippen molar-refractivity contribution in [3.8, 4) is 0 Å². The van der Waals surface area contributed by atoms with Gasteiger partial charge in [-0.1, -0.05) is 13.3 Å². The van der Waals surface area contributed by atoms with Crippen LogP contribution < -0.4 is 5.32 Å². The fourth-order valence-corrected chi connectivity index (χ4v) is 2.69. The molecule has 82 valence electrons. The molecule has 2 nitrogen and oxygen atoms in total. The molecule has 2 aliphatic rings. The zero-order valence-electron chi connectivity index (χ0n) is 9.30. The van der Waals surface area contributed by atoms with E-state index < -0.39 is 0 Å². The largest absolute Gasteiger partial charge is 0.374 e. The summed E-state index contributed by atoms with van der Waals surface area (Å²) in [7, 11) is 0. The Morgan fingerprint density at radius 3 is 2.43 bits per heavy atom. The number of nitrogens with one attached hydrogen (secondary N) is 1. The van der Waals surface area contributed by atoms with Crippen molar-refractivity contribution in [2.75, 3.05) is 13.1 Å². The van der Waals surface area contributed by atoms with Gasteiger partial charge in [0.25, 0.3) is 0 Å². The van der Waals surface area contributed by atoms with Gasteiger partial charge in [-0.15, -0.1) is 0 Å². The predicted octanol–water partition coefficient (Wildman–Crippen LogP) is 2.33. The standard InChI is InChI=1S/C12H23NO/c1-2-10-3-5-11(6-4-10)14-12-7-8-13-9-12/h10-13H,2-9H2,1H3. The maximum Gasteiger partial charge on any atom is 0.0715 e. The highest BCUT2D eigenvalue weighted by Crippen LogP contribution is 2.29. The number of rotatable bonds is 3. The molecule has 1 aliphatic carbocycles. The van der Waals surface area contributed by atoms with Gasteiger partial charge in [-0.3, -0.25) is 0 Å². The molecular weight excluding hydrogens is 174 g/mol.